The third-order valence-electron chi connectivity index (χ3n) is 3.66. The molecule has 1 aromatic rings. The molecule has 1 atom stereocenters. The van der Waals surface area contributed by atoms with Gasteiger partial charge in [0.25, 0.3) is 0 Å². The predicted octanol–water partition coefficient (Wildman–Crippen LogP) is 1.87. The first-order chi connectivity index (χ1) is 11.3. The van der Waals surface area contributed by atoms with Crippen molar-refractivity contribution in [1.29, 1.82) is 0 Å². The predicted molar refractivity (Wildman–Crippen MR) is 96.3 cm³/mol. The number of carboxylic acid groups (broad SMARTS) is 1. The second-order valence-electron chi connectivity index (χ2n) is 5.21. The molecule has 1 unspecified atom stereocenters. The van der Waals surface area contributed by atoms with Gasteiger partial charge in [-0.2, -0.15) is 0 Å². The molecule has 1 amide bonds. The maximum absolute atomic E-state index is 12.1. The van der Waals surface area contributed by atoms with Gasteiger partial charge in [0, 0.05) is 30.8 Å². The Labute approximate surface area is 153 Å². The molecule has 0 bridgehead atoms. The van der Waals surface area contributed by atoms with Gasteiger partial charge in [-0.15, -0.1) is 12.4 Å². The van der Waals surface area contributed by atoms with Crippen LogP contribution in [0.3, 0.4) is 0 Å². The zero-order valence-electron chi connectivity index (χ0n) is 15.0. The van der Waals surface area contributed by atoms with E-state index in [1.165, 1.54) is 21.3 Å². The standard InChI is InChI=1S/C16H24N2O6.ClH/c1-10(16(20)21)18(2)7-6-14(19)17-11-8-12(22-3)15(24-5)13(9-11)23-4;/h8-10H,6-7H2,1-5H3,(H,17,19)(H,20,21);1H. The van der Waals surface area contributed by atoms with Crippen molar-refractivity contribution in [2.45, 2.75) is 19.4 Å². The van der Waals surface area contributed by atoms with Gasteiger partial charge >= 0.3 is 5.97 Å². The number of likely N-dealkylation sites (N-methyl/N-ethyl adjacent to an activating group) is 1. The average Bonchev–Trinajstić information content (AvgIpc) is 2.57. The number of methoxy groups -OCH3 is 3. The summed E-state index contributed by atoms with van der Waals surface area (Å²) >= 11 is 0. The Bertz CT molecular complexity index is 571. The van der Waals surface area contributed by atoms with E-state index < -0.39 is 12.0 Å². The fraction of sp³-hybridized carbons (Fsp3) is 0.500. The lowest BCUT2D eigenvalue weighted by atomic mass is 10.2. The highest BCUT2D eigenvalue weighted by atomic mass is 35.5. The third-order valence-corrected chi connectivity index (χ3v) is 3.66. The van der Waals surface area contributed by atoms with Gasteiger partial charge in [0.05, 0.1) is 21.3 Å². The van der Waals surface area contributed by atoms with Gasteiger partial charge in [-0.3, -0.25) is 14.5 Å². The van der Waals surface area contributed by atoms with Crippen LogP contribution in [-0.2, 0) is 9.59 Å². The second-order valence-corrected chi connectivity index (χ2v) is 5.21. The molecule has 1 aromatic carbocycles. The Morgan fingerprint density at radius 3 is 2.08 bits per heavy atom. The summed E-state index contributed by atoms with van der Waals surface area (Å²) < 4.78 is 15.7. The van der Waals surface area contributed by atoms with Crippen LogP contribution in [0.4, 0.5) is 5.69 Å². The lowest BCUT2D eigenvalue weighted by molar-refractivity contribution is -0.142. The molecular formula is C16H25ClN2O6. The summed E-state index contributed by atoms with van der Waals surface area (Å²) in [5.41, 5.74) is 0.503. The molecule has 9 heteroatoms. The summed E-state index contributed by atoms with van der Waals surface area (Å²) in [6, 6.07) is 2.60. The minimum Gasteiger partial charge on any atom is -0.493 e. The number of hydrogen-bond acceptors (Lipinski definition) is 6. The smallest absolute Gasteiger partial charge is 0.320 e. The van der Waals surface area contributed by atoms with Gasteiger partial charge in [0.15, 0.2) is 11.5 Å². The van der Waals surface area contributed by atoms with Gasteiger partial charge in [0.1, 0.15) is 6.04 Å². The first kappa shape index (κ1) is 22.8. The lowest BCUT2D eigenvalue weighted by Crippen LogP contribution is -2.37. The lowest BCUT2D eigenvalue weighted by Gasteiger charge is -2.20. The van der Waals surface area contributed by atoms with E-state index in [9.17, 15) is 9.59 Å². The van der Waals surface area contributed by atoms with Crippen LogP contribution >= 0.6 is 12.4 Å². The molecule has 1 rings (SSSR count). The van der Waals surface area contributed by atoms with Crippen molar-refractivity contribution in [3.63, 3.8) is 0 Å². The summed E-state index contributed by atoms with van der Waals surface area (Å²) in [5, 5.41) is 11.7. The van der Waals surface area contributed by atoms with Gasteiger partial charge in [-0.1, -0.05) is 0 Å². The molecule has 0 aliphatic rings. The number of carbonyl (C=O) groups excluding carboxylic acids is 1. The van der Waals surface area contributed by atoms with Gasteiger partial charge in [0.2, 0.25) is 11.7 Å². The zero-order valence-corrected chi connectivity index (χ0v) is 15.8. The summed E-state index contributed by atoms with van der Waals surface area (Å²) in [5.74, 6) is 0.136. The van der Waals surface area contributed by atoms with E-state index in [0.717, 1.165) is 0 Å². The zero-order chi connectivity index (χ0) is 18.3. The molecule has 0 fully saturated rings. The molecule has 0 saturated heterocycles. The topological polar surface area (TPSA) is 97.3 Å². The van der Waals surface area contributed by atoms with Crippen molar-refractivity contribution in [3.8, 4) is 17.2 Å². The van der Waals surface area contributed by atoms with Crippen LogP contribution in [0.1, 0.15) is 13.3 Å². The Hall–Kier alpha value is -2.19. The van der Waals surface area contributed by atoms with E-state index in [4.69, 9.17) is 19.3 Å². The van der Waals surface area contributed by atoms with Crippen LogP contribution in [0.15, 0.2) is 12.1 Å². The Morgan fingerprint density at radius 2 is 1.68 bits per heavy atom. The van der Waals surface area contributed by atoms with Crippen molar-refractivity contribution in [2.75, 3.05) is 40.2 Å². The molecule has 0 aliphatic heterocycles. The number of rotatable bonds is 9. The maximum Gasteiger partial charge on any atom is 0.320 e. The van der Waals surface area contributed by atoms with Gasteiger partial charge in [-0.05, 0) is 14.0 Å². The molecule has 8 nitrogen and oxygen atoms in total. The summed E-state index contributed by atoms with van der Waals surface area (Å²) in [6.07, 6.45) is 0.158. The first-order valence-electron chi connectivity index (χ1n) is 7.36. The summed E-state index contributed by atoms with van der Waals surface area (Å²) in [6.45, 7) is 1.89. The Morgan fingerprint density at radius 1 is 1.16 bits per heavy atom. The molecule has 142 valence electrons. The highest BCUT2D eigenvalue weighted by molar-refractivity contribution is 5.91. The normalized spacial score (nSPS) is 11.3. The quantitative estimate of drug-likeness (QED) is 0.678. The fourth-order valence-electron chi connectivity index (χ4n) is 2.04. The largest absolute Gasteiger partial charge is 0.493 e. The number of hydrogen-bond donors (Lipinski definition) is 2. The SMILES string of the molecule is COc1cc(NC(=O)CCN(C)C(C)C(=O)O)cc(OC)c1OC.Cl. The van der Waals surface area contributed by atoms with Crippen molar-refractivity contribution in [3.05, 3.63) is 12.1 Å². The number of halogens is 1. The first-order valence-corrected chi connectivity index (χ1v) is 7.36. The number of anilines is 1. The van der Waals surface area contributed by atoms with Crippen LogP contribution in [0.2, 0.25) is 0 Å². The van der Waals surface area contributed by atoms with Crippen LogP contribution in [0, 0.1) is 0 Å². The Balaban J connectivity index is 0.00000576. The van der Waals surface area contributed by atoms with Crippen molar-refractivity contribution >= 4 is 30.0 Å². The third kappa shape index (κ3) is 6.32. The molecule has 0 saturated carbocycles. The van der Waals surface area contributed by atoms with E-state index in [0.29, 0.717) is 29.5 Å². The summed E-state index contributed by atoms with van der Waals surface area (Å²) in [7, 11) is 6.14. The minimum absolute atomic E-state index is 0. The number of nitrogens with one attached hydrogen (secondary N) is 1. The van der Waals surface area contributed by atoms with Crippen LogP contribution in [0.5, 0.6) is 17.2 Å². The fourth-order valence-corrected chi connectivity index (χ4v) is 2.04. The van der Waals surface area contributed by atoms with E-state index in [1.807, 2.05) is 0 Å². The van der Waals surface area contributed by atoms with Crippen LogP contribution in [-0.4, -0.2) is 62.8 Å². The second kappa shape index (κ2) is 10.6. The Kier molecular flexibility index (Phi) is 9.70. The molecule has 25 heavy (non-hydrogen) atoms. The highest BCUT2D eigenvalue weighted by Gasteiger charge is 2.18. The molecule has 0 radical (unpaired) electrons. The monoisotopic (exact) mass is 376 g/mol. The number of aliphatic carboxylic acids is 1. The number of carboxylic acids is 1. The van der Waals surface area contributed by atoms with Gasteiger partial charge in [-0.25, -0.2) is 0 Å². The van der Waals surface area contributed by atoms with Crippen molar-refractivity contribution in [1.82, 2.24) is 4.90 Å². The van der Waals surface area contributed by atoms with Crippen LogP contribution < -0.4 is 19.5 Å². The maximum atomic E-state index is 12.1. The average molecular weight is 377 g/mol. The van der Waals surface area contributed by atoms with Crippen molar-refractivity contribution < 1.29 is 28.9 Å². The number of ether oxygens (including phenoxy) is 3. The number of amides is 1. The number of carbonyl (C=O) groups is 2. The molecule has 0 heterocycles. The highest BCUT2D eigenvalue weighted by Crippen LogP contribution is 2.39. The molecule has 2 N–H and O–H groups in total. The summed E-state index contributed by atoms with van der Waals surface area (Å²) in [4.78, 5) is 24.6. The molecule has 0 aliphatic carbocycles. The number of benzene rings is 1. The van der Waals surface area contributed by atoms with Crippen LogP contribution in [0.25, 0.3) is 0 Å². The van der Waals surface area contributed by atoms with Gasteiger partial charge < -0.3 is 24.6 Å². The van der Waals surface area contributed by atoms with E-state index in [-0.39, 0.29) is 24.7 Å². The number of nitrogens with zero attached hydrogens (tertiary/aromatic N) is 1. The van der Waals surface area contributed by atoms with Crippen molar-refractivity contribution in [2.24, 2.45) is 0 Å². The van der Waals surface area contributed by atoms with E-state index >= 15 is 0 Å². The molecular weight excluding hydrogens is 352 g/mol. The van der Waals surface area contributed by atoms with E-state index in [2.05, 4.69) is 5.32 Å². The minimum atomic E-state index is -0.928. The molecule has 0 spiro atoms. The van der Waals surface area contributed by atoms with E-state index in [1.54, 1.807) is 31.0 Å². The molecule has 0 aromatic heterocycles.